The molecule has 0 saturated carbocycles. The second-order valence-electron chi connectivity index (χ2n) is 5.85. The molecule has 0 fully saturated rings. The van der Waals surface area contributed by atoms with E-state index >= 15 is 0 Å². The Balaban J connectivity index is 2.26. The van der Waals surface area contributed by atoms with E-state index in [-0.39, 0.29) is 5.60 Å². The van der Waals surface area contributed by atoms with Crippen molar-refractivity contribution in [3.05, 3.63) is 35.5 Å². The first kappa shape index (κ1) is 14.6. The zero-order valence-corrected chi connectivity index (χ0v) is 12.6. The van der Waals surface area contributed by atoms with Gasteiger partial charge in [0.25, 0.3) is 0 Å². The van der Waals surface area contributed by atoms with Crippen molar-refractivity contribution in [3.63, 3.8) is 0 Å². The normalized spacial score (nSPS) is 11.7. The van der Waals surface area contributed by atoms with Crippen molar-refractivity contribution in [1.82, 2.24) is 5.16 Å². The molecule has 108 valence electrons. The van der Waals surface area contributed by atoms with Gasteiger partial charge in [-0.05, 0) is 64.9 Å². The second-order valence-corrected chi connectivity index (χ2v) is 5.85. The fourth-order valence-corrected chi connectivity index (χ4v) is 2.08. The summed E-state index contributed by atoms with van der Waals surface area (Å²) in [7, 11) is 0. The number of nitrogens with two attached hydrogens (primary N) is 1. The zero-order valence-electron chi connectivity index (χ0n) is 12.6. The molecule has 4 nitrogen and oxygen atoms in total. The van der Waals surface area contributed by atoms with Gasteiger partial charge in [0.1, 0.15) is 11.4 Å². The highest BCUT2D eigenvalue weighted by Crippen LogP contribution is 2.28. The summed E-state index contributed by atoms with van der Waals surface area (Å²) in [5, 5.41) is 4.03. The van der Waals surface area contributed by atoms with Crippen LogP contribution in [0.25, 0.3) is 11.3 Å². The van der Waals surface area contributed by atoms with Crippen LogP contribution >= 0.6 is 0 Å². The summed E-state index contributed by atoms with van der Waals surface area (Å²) < 4.78 is 11.2. The highest BCUT2D eigenvalue weighted by molar-refractivity contribution is 5.62. The summed E-state index contributed by atoms with van der Waals surface area (Å²) in [6, 6.07) is 7.87. The summed E-state index contributed by atoms with van der Waals surface area (Å²) in [4.78, 5) is 0. The predicted molar refractivity (Wildman–Crippen MR) is 79.8 cm³/mol. The number of hydrogen-bond acceptors (Lipinski definition) is 4. The highest BCUT2D eigenvalue weighted by Gasteiger charge is 2.15. The molecule has 0 amide bonds. The Morgan fingerprint density at radius 1 is 1.20 bits per heavy atom. The van der Waals surface area contributed by atoms with E-state index in [1.807, 2.05) is 52.0 Å². The maximum Gasteiger partial charge on any atom is 0.170 e. The van der Waals surface area contributed by atoms with Gasteiger partial charge in [0.2, 0.25) is 0 Å². The van der Waals surface area contributed by atoms with Gasteiger partial charge in [-0.3, -0.25) is 0 Å². The van der Waals surface area contributed by atoms with Crippen LogP contribution in [0.1, 0.15) is 32.0 Å². The lowest BCUT2D eigenvalue weighted by atomic mass is 10.0. The highest BCUT2D eigenvalue weighted by atomic mass is 16.5. The van der Waals surface area contributed by atoms with Crippen LogP contribution in [0.2, 0.25) is 0 Å². The third-order valence-corrected chi connectivity index (χ3v) is 2.92. The van der Waals surface area contributed by atoms with E-state index in [0.717, 1.165) is 34.8 Å². The molecule has 1 heterocycles. The first-order valence-corrected chi connectivity index (χ1v) is 6.85. The fourth-order valence-electron chi connectivity index (χ4n) is 2.08. The van der Waals surface area contributed by atoms with Gasteiger partial charge in [0.05, 0.1) is 5.69 Å². The summed E-state index contributed by atoms with van der Waals surface area (Å²) >= 11 is 0. The lowest BCUT2D eigenvalue weighted by Gasteiger charge is -2.21. The molecule has 4 heteroatoms. The Labute approximate surface area is 119 Å². The molecule has 2 rings (SSSR count). The van der Waals surface area contributed by atoms with Gasteiger partial charge < -0.3 is 15.0 Å². The van der Waals surface area contributed by atoms with E-state index < -0.39 is 0 Å². The van der Waals surface area contributed by atoms with Crippen molar-refractivity contribution in [2.24, 2.45) is 5.73 Å². The molecule has 2 N–H and O–H groups in total. The van der Waals surface area contributed by atoms with Crippen LogP contribution in [-0.4, -0.2) is 17.3 Å². The molecule has 1 aromatic carbocycles. The largest absolute Gasteiger partial charge is 0.488 e. The third-order valence-electron chi connectivity index (χ3n) is 2.92. The van der Waals surface area contributed by atoms with Crippen molar-refractivity contribution in [2.75, 3.05) is 6.54 Å². The number of hydrogen-bond donors (Lipinski definition) is 1. The van der Waals surface area contributed by atoms with Gasteiger partial charge >= 0.3 is 0 Å². The van der Waals surface area contributed by atoms with Crippen LogP contribution in [0.5, 0.6) is 5.75 Å². The summed E-state index contributed by atoms with van der Waals surface area (Å²) in [5.41, 5.74) is 8.42. The van der Waals surface area contributed by atoms with Crippen molar-refractivity contribution in [1.29, 1.82) is 0 Å². The van der Waals surface area contributed by atoms with Crippen LogP contribution in [0.3, 0.4) is 0 Å². The number of aromatic nitrogens is 1. The molecule has 0 atom stereocenters. The Bertz CT molecular complexity index is 565. The van der Waals surface area contributed by atoms with Crippen molar-refractivity contribution in [2.45, 2.75) is 39.7 Å². The topological polar surface area (TPSA) is 61.3 Å². The van der Waals surface area contributed by atoms with Gasteiger partial charge in [-0.2, -0.15) is 0 Å². The number of ether oxygens (including phenoxy) is 1. The minimum absolute atomic E-state index is 0.199. The molecule has 0 bridgehead atoms. The molecular formula is C16H22N2O2. The minimum atomic E-state index is -0.199. The Kier molecular flexibility index (Phi) is 4.14. The van der Waals surface area contributed by atoms with Crippen LogP contribution in [0.15, 0.2) is 28.8 Å². The lowest BCUT2D eigenvalue weighted by Crippen LogP contribution is -2.22. The van der Waals surface area contributed by atoms with Gasteiger partial charge in [-0.15, -0.1) is 0 Å². The van der Waals surface area contributed by atoms with Crippen molar-refractivity contribution >= 4 is 0 Å². The molecule has 0 aliphatic rings. The molecule has 0 saturated heterocycles. The zero-order chi connectivity index (χ0) is 14.8. The number of nitrogens with zero attached hydrogens (tertiary/aromatic N) is 1. The van der Waals surface area contributed by atoms with E-state index in [4.69, 9.17) is 15.0 Å². The van der Waals surface area contributed by atoms with Crippen LogP contribution in [-0.2, 0) is 6.42 Å². The number of aryl methyl sites for hydroxylation is 1. The predicted octanol–water partition coefficient (Wildman–Crippen LogP) is 3.33. The van der Waals surface area contributed by atoms with Crippen LogP contribution in [0.4, 0.5) is 0 Å². The summed E-state index contributed by atoms with van der Waals surface area (Å²) in [6.45, 7) is 8.61. The SMILES string of the molecule is Cc1noc(-c2ccc(OC(C)(C)C)cc2)c1CCN. The third kappa shape index (κ3) is 3.39. The standard InChI is InChI=1S/C16H22N2O2/c1-11-14(9-10-17)15(20-18-11)12-5-7-13(8-6-12)19-16(2,3)4/h5-8H,9-10,17H2,1-4H3. The van der Waals surface area contributed by atoms with Crippen molar-refractivity contribution < 1.29 is 9.26 Å². The van der Waals surface area contributed by atoms with Crippen LogP contribution in [0, 0.1) is 6.92 Å². The van der Waals surface area contributed by atoms with Crippen molar-refractivity contribution in [3.8, 4) is 17.1 Å². The number of rotatable bonds is 4. The number of benzene rings is 1. The molecule has 20 heavy (non-hydrogen) atoms. The maximum atomic E-state index is 5.81. The van der Waals surface area contributed by atoms with Gasteiger partial charge in [0, 0.05) is 11.1 Å². The average Bonchev–Trinajstić information content (AvgIpc) is 2.71. The average molecular weight is 274 g/mol. The molecule has 0 spiro atoms. The van der Waals surface area contributed by atoms with Gasteiger partial charge in [-0.25, -0.2) is 0 Å². The van der Waals surface area contributed by atoms with Gasteiger partial charge in [-0.1, -0.05) is 5.16 Å². The molecule has 1 aromatic heterocycles. The lowest BCUT2D eigenvalue weighted by molar-refractivity contribution is 0.131. The first-order chi connectivity index (χ1) is 9.40. The maximum absolute atomic E-state index is 5.81. The molecule has 0 aliphatic carbocycles. The molecule has 0 aliphatic heterocycles. The fraction of sp³-hybridized carbons (Fsp3) is 0.438. The van der Waals surface area contributed by atoms with E-state index in [1.165, 1.54) is 0 Å². The Morgan fingerprint density at radius 3 is 2.40 bits per heavy atom. The summed E-state index contributed by atoms with van der Waals surface area (Å²) in [6.07, 6.45) is 0.769. The summed E-state index contributed by atoms with van der Waals surface area (Å²) in [5.74, 6) is 1.65. The van der Waals surface area contributed by atoms with E-state index in [0.29, 0.717) is 6.54 Å². The quantitative estimate of drug-likeness (QED) is 0.929. The van der Waals surface area contributed by atoms with Gasteiger partial charge in [0.15, 0.2) is 5.76 Å². The van der Waals surface area contributed by atoms with E-state index in [1.54, 1.807) is 0 Å². The smallest absolute Gasteiger partial charge is 0.170 e. The molecule has 2 aromatic rings. The minimum Gasteiger partial charge on any atom is -0.488 e. The first-order valence-electron chi connectivity index (χ1n) is 6.85. The monoisotopic (exact) mass is 274 g/mol. The molecule has 0 radical (unpaired) electrons. The Hall–Kier alpha value is -1.81. The van der Waals surface area contributed by atoms with E-state index in [9.17, 15) is 0 Å². The van der Waals surface area contributed by atoms with E-state index in [2.05, 4.69) is 5.16 Å². The Morgan fingerprint density at radius 2 is 1.85 bits per heavy atom. The molecular weight excluding hydrogens is 252 g/mol. The van der Waals surface area contributed by atoms with Crippen LogP contribution < -0.4 is 10.5 Å². The second kappa shape index (κ2) is 5.67. The molecule has 0 unspecified atom stereocenters.